The molecule has 4 aliphatic rings. The minimum Gasteiger partial charge on any atom is -0.423 e. The zero-order valence-electron chi connectivity index (χ0n) is 34.5. The van der Waals surface area contributed by atoms with E-state index in [4.69, 9.17) is 20.9 Å². The average Bonchev–Trinajstić information content (AvgIpc) is 3.58. The van der Waals surface area contributed by atoms with Gasteiger partial charge in [-0.05, 0) is 188 Å². The molecule has 0 bridgehead atoms. The molecule has 4 fully saturated rings. The number of benzene rings is 4. The molecule has 4 aromatic carbocycles. The van der Waals surface area contributed by atoms with Crippen LogP contribution < -0.4 is 20.9 Å². The second-order valence-corrected chi connectivity index (χ2v) is 18.9. The quantitative estimate of drug-likeness (QED) is 0.0946. The van der Waals surface area contributed by atoms with Crippen LogP contribution in [0.3, 0.4) is 0 Å². The third kappa shape index (κ3) is 7.27. The first kappa shape index (κ1) is 39.3. The second kappa shape index (κ2) is 15.6. The van der Waals surface area contributed by atoms with Crippen molar-refractivity contribution >= 4 is 23.3 Å². The Hall–Kier alpha value is -4.58. The number of nitrogens with two attached hydrogens (primary N) is 2. The molecule has 4 aliphatic carbocycles. The molecule has 0 heterocycles. The molecule has 6 heteroatoms. The number of anilines is 2. The summed E-state index contributed by atoms with van der Waals surface area (Å²) in [5.41, 5.74) is 16.9. The van der Waals surface area contributed by atoms with Gasteiger partial charge >= 0.3 is 11.9 Å². The number of carbonyl (C=O) groups excluding carboxylic acids is 2. The highest BCUT2D eigenvalue weighted by Crippen LogP contribution is 2.70. The molecule has 300 valence electrons. The van der Waals surface area contributed by atoms with Gasteiger partial charge in [0.05, 0.1) is 11.1 Å². The minimum atomic E-state index is -0.403. The number of esters is 2. The van der Waals surface area contributed by atoms with Crippen LogP contribution >= 0.6 is 0 Å². The Morgan fingerprint density at radius 2 is 1.18 bits per heavy atom. The summed E-state index contributed by atoms with van der Waals surface area (Å²) in [5, 5.41) is 0. The Balaban J connectivity index is 1.06. The van der Waals surface area contributed by atoms with Crippen LogP contribution in [0.5, 0.6) is 11.5 Å². The van der Waals surface area contributed by atoms with Crippen molar-refractivity contribution in [3.05, 3.63) is 119 Å². The highest BCUT2D eigenvalue weighted by molar-refractivity contribution is 5.92. The zero-order chi connectivity index (χ0) is 40.0. The van der Waals surface area contributed by atoms with Crippen molar-refractivity contribution in [2.75, 3.05) is 11.5 Å². The van der Waals surface area contributed by atoms with E-state index in [1.165, 1.54) is 75.3 Å². The number of hydrogen-bond donors (Lipinski definition) is 2. The maximum Gasteiger partial charge on any atom is 0.343 e. The van der Waals surface area contributed by atoms with Crippen molar-refractivity contribution in [1.29, 1.82) is 0 Å². The van der Waals surface area contributed by atoms with Gasteiger partial charge < -0.3 is 20.9 Å². The minimum absolute atomic E-state index is 0.230. The molecule has 0 saturated heterocycles. The van der Waals surface area contributed by atoms with Crippen LogP contribution in [0, 0.1) is 46.3 Å². The highest BCUT2D eigenvalue weighted by Gasteiger charge is 2.62. The molecule has 4 saturated carbocycles. The second-order valence-electron chi connectivity index (χ2n) is 18.9. The maximum atomic E-state index is 13.0. The summed E-state index contributed by atoms with van der Waals surface area (Å²) in [5.74, 6) is 5.02. The Morgan fingerprint density at radius 3 is 1.70 bits per heavy atom. The largest absolute Gasteiger partial charge is 0.423 e. The van der Waals surface area contributed by atoms with Crippen LogP contribution in [-0.4, -0.2) is 11.9 Å². The van der Waals surface area contributed by atoms with Crippen LogP contribution in [-0.2, 0) is 5.41 Å². The molecule has 8 atom stereocenters. The van der Waals surface area contributed by atoms with Gasteiger partial charge in [0.2, 0.25) is 0 Å². The molecule has 6 nitrogen and oxygen atoms in total. The SMILES string of the molecule is CCCCC(C)C1CCC2C3CCC4CC(c5ccc(OC(=O)c6ccc(N)cc6)cc5)(c5ccc(OC(=O)c6ccc(N)cc6)cc5)CCC4(C)C3CCC12C. The van der Waals surface area contributed by atoms with E-state index in [-0.39, 0.29) is 5.41 Å². The van der Waals surface area contributed by atoms with E-state index >= 15 is 0 Å². The van der Waals surface area contributed by atoms with E-state index in [0.717, 1.165) is 42.4 Å². The lowest BCUT2D eigenvalue weighted by Crippen LogP contribution is -2.55. The lowest BCUT2D eigenvalue weighted by molar-refractivity contribution is -0.122. The predicted octanol–water partition coefficient (Wildman–Crippen LogP) is 12.1. The van der Waals surface area contributed by atoms with Crippen LogP contribution in [0.4, 0.5) is 11.4 Å². The molecule has 0 aromatic heterocycles. The van der Waals surface area contributed by atoms with Gasteiger partial charge in [-0.1, -0.05) is 71.2 Å². The number of fused-ring (bicyclic) bond motifs is 5. The molecule has 8 unspecified atom stereocenters. The Labute approximate surface area is 340 Å². The van der Waals surface area contributed by atoms with Crippen molar-refractivity contribution in [3.8, 4) is 11.5 Å². The maximum absolute atomic E-state index is 13.0. The number of rotatable bonds is 10. The molecule has 0 amide bonds. The zero-order valence-corrected chi connectivity index (χ0v) is 34.5. The topological polar surface area (TPSA) is 105 Å². The van der Waals surface area contributed by atoms with Crippen molar-refractivity contribution in [1.82, 2.24) is 0 Å². The fraction of sp³-hybridized carbons (Fsp3) is 0.490. The molecular weight excluding hydrogens is 705 g/mol. The molecule has 0 spiro atoms. The van der Waals surface area contributed by atoms with Gasteiger partial charge in [0, 0.05) is 16.8 Å². The molecule has 0 radical (unpaired) electrons. The van der Waals surface area contributed by atoms with Gasteiger partial charge in [-0.3, -0.25) is 0 Å². The smallest absolute Gasteiger partial charge is 0.343 e. The fourth-order valence-corrected chi connectivity index (χ4v) is 12.9. The van der Waals surface area contributed by atoms with E-state index in [1.807, 2.05) is 24.3 Å². The Morgan fingerprint density at radius 1 is 0.649 bits per heavy atom. The van der Waals surface area contributed by atoms with E-state index in [0.29, 0.717) is 50.7 Å². The molecular formula is C51H62N2O4. The van der Waals surface area contributed by atoms with Crippen LogP contribution in [0.15, 0.2) is 97.1 Å². The third-order valence-electron chi connectivity index (χ3n) is 16.1. The normalized spacial score (nSPS) is 29.3. The summed E-state index contributed by atoms with van der Waals surface area (Å²) in [6.07, 6.45) is 15.6. The van der Waals surface area contributed by atoms with Crippen LogP contribution in [0.1, 0.15) is 137 Å². The van der Waals surface area contributed by atoms with E-state index in [1.54, 1.807) is 48.5 Å². The fourth-order valence-electron chi connectivity index (χ4n) is 12.9. The Kier molecular flexibility index (Phi) is 10.8. The summed E-state index contributed by atoms with van der Waals surface area (Å²) in [6, 6.07) is 30.1. The predicted molar refractivity (Wildman–Crippen MR) is 229 cm³/mol. The number of unbranched alkanes of at least 4 members (excludes halogenated alkanes) is 1. The van der Waals surface area contributed by atoms with Crippen LogP contribution in [0.25, 0.3) is 0 Å². The van der Waals surface area contributed by atoms with Crippen molar-refractivity contribution < 1.29 is 19.1 Å². The number of ether oxygens (including phenoxy) is 2. The summed E-state index contributed by atoms with van der Waals surface area (Å²) >= 11 is 0. The van der Waals surface area contributed by atoms with Gasteiger partial charge in [0.25, 0.3) is 0 Å². The molecule has 57 heavy (non-hydrogen) atoms. The van der Waals surface area contributed by atoms with Gasteiger partial charge in [-0.25, -0.2) is 9.59 Å². The summed E-state index contributed by atoms with van der Waals surface area (Å²) in [7, 11) is 0. The third-order valence-corrected chi connectivity index (χ3v) is 16.1. The average molecular weight is 767 g/mol. The van der Waals surface area contributed by atoms with E-state index < -0.39 is 11.9 Å². The monoisotopic (exact) mass is 766 g/mol. The lowest BCUT2D eigenvalue weighted by Gasteiger charge is -2.63. The number of hydrogen-bond acceptors (Lipinski definition) is 6. The lowest BCUT2D eigenvalue weighted by atomic mass is 9.42. The first-order chi connectivity index (χ1) is 27.4. The highest BCUT2D eigenvalue weighted by atomic mass is 16.5. The molecule has 4 N–H and O–H groups in total. The van der Waals surface area contributed by atoms with Gasteiger partial charge in [0.15, 0.2) is 0 Å². The van der Waals surface area contributed by atoms with E-state index in [9.17, 15) is 9.59 Å². The van der Waals surface area contributed by atoms with E-state index in [2.05, 4.69) is 52.0 Å². The summed E-state index contributed by atoms with van der Waals surface area (Å²) in [6.45, 7) is 10.3. The molecule has 4 aromatic rings. The van der Waals surface area contributed by atoms with Crippen molar-refractivity contribution in [2.24, 2.45) is 46.3 Å². The molecule has 0 aliphatic heterocycles. The van der Waals surface area contributed by atoms with Crippen molar-refractivity contribution in [2.45, 2.75) is 110 Å². The van der Waals surface area contributed by atoms with Gasteiger partial charge in [-0.15, -0.1) is 0 Å². The van der Waals surface area contributed by atoms with Gasteiger partial charge in [-0.2, -0.15) is 0 Å². The van der Waals surface area contributed by atoms with Gasteiger partial charge in [0.1, 0.15) is 11.5 Å². The Bertz CT molecular complexity index is 1940. The first-order valence-corrected chi connectivity index (χ1v) is 21.8. The van der Waals surface area contributed by atoms with Crippen LogP contribution in [0.2, 0.25) is 0 Å². The summed E-state index contributed by atoms with van der Waals surface area (Å²) < 4.78 is 11.7. The summed E-state index contributed by atoms with van der Waals surface area (Å²) in [4.78, 5) is 26.0. The number of nitrogen functional groups attached to an aromatic ring is 2. The number of carbonyl (C=O) groups is 2. The van der Waals surface area contributed by atoms with Crippen molar-refractivity contribution in [3.63, 3.8) is 0 Å². The standard InChI is InChI=1S/C51H62N2O4/c1-5-6-7-33(2)44-26-27-45-43-25-16-38-32-51(31-30-49(38,3)46(43)28-29-50(44,45)4,36-12-21-41(22-13-36)56-47(54)34-8-17-39(52)18-9-34)37-14-23-42(24-15-37)57-48(55)35-10-19-40(53)20-11-35/h8-15,17-24,33,38,43-46H,5-7,16,25-32,52-53H2,1-4H3. The molecule has 8 rings (SSSR count). The first-order valence-electron chi connectivity index (χ1n) is 21.8.